The average Bonchev–Trinajstić information content (AvgIpc) is 3.25. The standard InChI is InChI=1S/C27H33F3N2O2.ClH/c1-4-19-12-21-9-8-20(14-23(21)13-19)17(2)26(33)34-18(3)32-11-10-31-16-25(32)22-6-5-7-24(15-22)27(28,29)30;/h5-9,14-15,17-19,25,31H,4,10-13,16H2,1-3H3;1H. The van der Waals surface area contributed by atoms with E-state index in [9.17, 15) is 18.0 Å². The summed E-state index contributed by atoms with van der Waals surface area (Å²) in [6, 6.07) is 11.4. The van der Waals surface area contributed by atoms with Gasteiger partial charge in [0.1, 0.15) is 0 Å². The molecule has 8 heteroatoms. The van der Waals surface area contributed by atoms with Gasteiger partial charge in [0.2, 0.25) is 0 Å². The topological polar surface area (TPSA) is 41.6 Å². The van der Waals surface area contributed by atoms with E-state index in [4.69, 9.17) is 4.74 Å². The lowest BCUT2D eigenvalue weighted by Crippen LogP contribution is -2.51. The van der Waals surface area contributed by atoms with E-state index in [1.807, 2.05) is 17.9 Å². The maximum absolute atomic E-state index is 13.2. The van der Waals surface area contributed by atoms with Gasteiger partial charge in [-0.25, -0.2) is 0 Å². The quantitative estimate of drug-likeness (QED) is 0.492. The van der Waals surface area contributed by atoms with Gasteiger partial charge < -0.3 is 10.1 Å². The molecule has 0 radical (unpaired) electrons. The summed E-state index contributed by atoms with van der Waals surface area (Å²) in [5, 5.41) is 3.25. The molecule has 4 atom stereocenters. The fraction of sp³-hybridized carbons (Fsp3) is 0.519. The summed E-state index contributed by atoms with van der Waals surface area (Å²) in [4.78, 5) is 15.0. The van der Waals surface area contributed by atoms with Gasteiger partial charge in [-0.1, -0.05) is 43.7 Å². The normalized spacial score (nSPS) is 22.1. The van der Waals surface area contributed by atoms with Crippen molar-refractivity contribution in [2.75, 3.05) is 19.6 Å². The van der Waals surface area contributed by atoms with Gasteiger partial charge in [0.25, 0.3) is 0 Å². The second kappa shape index (κ2) is 11.3. The highest BCUT2D eigenvalue weighted by molar-refractivity contribution is 5.85. The highest BCUT2D eigenvalue weighted by atomic mass is 35.5. The lowest BCUT2D eigenvalue weighted by atomic mass is 9.97. The first kappa shape index (κ1) is 27.5. The molecule has 192 valence electrons. The van der Waals surface area contributed by atoms with Crippen LogP contribution in [0.25, 0.3) is 0 Å². The molecule has 2 aromatic carbocycles. The molecular weight excluding hydrogens is 477 g/mol. The van der Waals surface area contributed by atoms with Crippen molar-refractivity contribution >= 4 is 18.4 Å². The molecule has 4 rings (SSSR count). The Morgan fingerprint density at radius 3 is 2.60 bits per heavy atom. The van der Waals surface area contributed by atoms with E-state index in [-0.39, 0.29) is 24.4 Å². The molecule has 1 aliphatic carbocycles. The first-order valence-electron chi connectivity index (χ1n) is 12.1. The Morgan fingerprint density at radius 2 is 1.89 bits per heavy atom. The Balaban J connectivity index is 0.00000342. The maximum atomic E-state index is 13.2. The van der Waals surface area contributed by atoms with E-state index >= 15 is 0 Å². The number of benzene rings is 2. The van der Waals surface area contributed by atoms with Gasteiger partial charge in [-0.15, -0.1) is 12.4 Å². The lowest BCUT2D eigenvalue weighted by Gasteiger charge is -2.40. The zero-order chi connectivity index (χ0) is 24.5. The second-order valence-electron chi connectivity index (χ2n) is 9.55. The fourth-order valence-corrected chi connectivity index (χ4v) is 5.15. The number of ether oxygens (including phenoxy) is 1. The lowest BCUT2D eigenvalue weighted by molar-refractivity contribution is -0.162. The first-order chi connectivity index (χ1) is 16.2. The van der Waals surface area contributed by atoms with Gasteiger partial charge in [0.15, 0.2) is 6.23 Å². The first-order valence-corrected chi connectivity index (χ1v) is 12.1. The predicted octanol–water partition coefficient (Wildman–Crippen LogP) is 5.89. The Labute approximate surface area is 211 Å². The molecule has 1 heterocycles. The molecular formula is C27H34ClF3N2O2. The number of carbonyl (C=O) groups excluding carboxylic acids is 1. The van der Waals surface area contributed by atoms with Crippen LogP contribution in [0.4, 0.5) is 13.2 Å². The van der Waals surface area contributed by atoms with Crippen LogP contribution in [-0.2, 0) is 28.5 Å². The molecule has 0 amide bonds. The Kier molecular flexibility index (Phi) is 8.89. The maximum Gasteiger partial charge on any atom is 0.416 e. The number of esters is 1. The third-order valence-corrected chi connectivity index (χ3v) is 7.32. The van der Waals surface area contributed by atoms with Gasteiger partial charge in [-0.2, -0.15) is 13.2 Å². The van der Waals surface area contributed by atoms with E-state index < -0.39 is 23.9 Å². The van der Waals surface area contributed by atoms with Crippen LogP contribution < -0.4 is 5.32 Å². The van der Waals surface area contributed by atoms with Crippen molar-refractivity contribution in [3.63, 3.8) is 0 Å². The van der Waals surface area contributed by atoms with Crippen LogP contribution in [0.15, 0.2) is 42.5 Å². The molecule has 1 aliphatic heterocycles. The third kappa shape index (κ3) is 6.19. The smallest absolute Gasteiger partial charge is 0.416 e. The van der Waals surface area contributed by atoms with Crippen molar-refractivity contribution in [3.05, 3.63) is 70.3 Å². The number of hydrogen-bond donors (Lipinski definition) is 1. The number of fused-ring (bicyclic) bond motifs is 1. The minimum atomic E-state index is -4.40. The molecule has 2 aliphatic rings. The number of alkyl halides is 3. The SMILES string of the molecule is CCC1Cc2ccc(C(C)C(=O)OC(C)N3CCNCC3c3cccc(C(F)(F)F)c3)cc2C1.Cl. The van der Waals surface area contributed by atoms with Crippen molar-refractivity contribution in [3.8, 4) is 0 Å². The summed E-state index contributed by atoms with van der Waals surface area (Å²) in [7, 11) is 0. The van der Waals surface area contributed by atoms with Crippen molar-refractivity contribution in [1.82, 2.24) is 10.2 Å². The summed E-state index contributed by atoms with van der Waals surface area (Å²) in [5.74, 6) is -0.0600. The van der Waals surface area contributed by atoms with Gasteiger partial charge in [-0.05, 0) is 67.0 Å². The number of nitrogens with zero attached hydrogens (tertiary/aromatic N) is 1. The van der Waals surface area contributed by atoms with Crippen LogP contribution in [0.3, 0.4) is 0 Å². The molecule has 0 saturated carbocycles. The number of nitrogens with one attached hydrogen (secondary N) is 1. The summed E-state index contributed by atoms with van der Waals surface area (Å²) in [6.45, 7) is 7.59. The molecule has 0 aromatic heterocycles. The average molecular weight is 511 g/mol. The van der Waals surface area contributed by atoms with E-state index in [0.717, 1.165) is 30.9 Å². The molecule has 4 nitrogen and oxygen atoms in total. The highest BCUT2D eigenvalue weighted by Crippen LogP contribution is 2.34. The highest BCUT2D eigenvalue weighted by Gasteiger charge is 2.34. The summed E-state index contributed by atoms with van der Waals surface area (Å²) in [5.41, 5.74) is 3.53. The van der Waals surface area contributed by atoms with Crippen molar-refractivity contribution in [1.29, 1.82) is 0 Å². The van der Waals surface area contributed by atoms with Crippen LogP contribution in [0, 0.1) is 5.92 Å². The van der Waals surface area contributed by atoms with E-state index in [1.165, 1.54) is 23.3 Å². The number of rotatable bonds is 6. The Morgan fingerprint density at radius 1 is 1.14 bits per heavy atom. The number of carbonyl (C=O) groups is 1. The van der Waals surface area contributed by atoms with E-state index in [1.54, 1.807) is 13.0 Å². The number of halogens is 4. The van der Waals surface area contributed by atoms with Crippen molar-refractivity contribution in [2.45, 2.75) is 64.4 Å². The minimum Gasteiger partial charge on any atom is -0.446 e. The van der Waals surface area contributed by atoms with Crippen LogP contribution in [-0.4, -0.2) is 36.7 Å². The largest absolute Gasteiger partial charge is 0.446 e. The predicted molar refractivity (Wildman–Crippen MR) is 133 cm³/mol. The monoisotopic (exact) mass is 510 g/mol. The van der Waals surface area contributed by atoms with E-state index in [0.29, 0.717) is 31.1 Å². The van der Waals surface area contributed by atoms with Crippen LogP contribution in [0.2, 0.25) is 0 Å². The van der Waals surface area contributed by atoms with Crippen molar-refractivity contribution in [2.24, 2.45) is 5.92 Å². The number of piperazine rings is 1. The zero-order valence-corrected chi connectivity index (χ0v) is 21.2. The van der Waals surface area contributed by atoms with Crippen LogP contribution in [0.1, 0.15) is 67.0 Å². The number of hydrogen-bond acceptors (Lipinski definition) is 4. The van der Waals surface area contributed by atoms with Crippen LogP contribution >= 0.6 is 12.4 Å². The van der Waals surface area contributed by atoms with Gasteiger partial charge >= 0.3 is 12.1 Å². The van der Waals surface area contributed by atoms with Gasteiger partial charge in [0.05, 0.1) is 17.5 Å². The molecule has 1 N–H and O–H groups in total. The molecule has 1 saturated heterocycles. The van der Waals surface area contributed by atoms with E-state index in [2.05, 4.69) is 24.4 Å². The Hall–Kier alpha value is -2.09. The second-order valence-corrected chi connectivity index (χ2v) is 9.55. The molecule has 1 fully saturated rings. The molecule has 0 bridgehead atoms. The summed E-state index contributed by atoms with van der Waals surface area (Å²) in [6.07, 6.45) is -1.66. The van der Waals surface area contributed by atoms with Gasteiger partial charge in [0, 0.05) is 19.6 Å². The zero-order valence-electron chi connectivity index (χ0n) is 20.4. The molecule has 4 unspecified atom stereocenters. The summed E-state index contributed by atoms with van der Waals surface area (Å²) < 4.78 is 45.6. The third-order valence-electron chi connectivity index (χ3n) is 7.32. The van der Waals surface area contributed by atoms with Gasteiger partial charge in [-0.3, -0.25) is 9.69 Å². The van der Waals surface area contributed by atoms with Crippen LogP contribution in [0.5, 0.6) is 0 Å². The van der Waals surface area contributed by atoms with Crippen molar-refractivity contribution < 1.29 is 22.7 Å². The molecule has 0 spiro atoms. The summed E-state index contributed by atoms with van der Waals surface area (Å²) >= 11 is 0. The Bertz CT molecular complexity index is 1030. The molecule has 35 heavy (non-hydrogen) atoms. The minimum absolute atomic E-state index is 0. The molecule has 2 aromatic rings. The fourth-order valence-electron chi connectivity index (χ4n) is 5.15.